The maximum absolute atomic E-state index is 12.4. The van der Waals surface area contributed by atoms with Crippen LogP contribution in [0.5, 0.6) is 0 Å². The molecular formula is C14H26N4O. The predicted octanol–water partition coefficient (Wildman–Crippen LogP) is 1.43. The molecular weight excluding hydrogens is 240 g/mol. The molecule has 0 aliphatic carbocycles. The summed E-state index contributed by atoms with van der Waals surface area (Å²) in [4.78, 5) is 18.5. The molecule has 1 heterocycles. The molecule has 0 aliphatic rings. The SMILES string of the molecule is CC(C)NCCN(C)c1nccn(C(C)(C)C)c1=O. The van der Waals surface area contributed by atoms with E-state index in [1.807, 2.05) is 32.7 Å². The highest BCUT2D eigenvalue weighted by Crippen LogP contribution is 2.11. The van der Waals surface area contributed by atoms with Gasteiger partial charge in [-0.2, -0.15) is 0 Å². The molecule has 0 saturated carbocycles. The summed E-state index contributed by atoms with van der Waals surface area (Å²) in [5.74, 6) is 0.503. The molecule has 108 valence electrons. The summed E-state index contributed by atoms with van der Waals surface area (Å²) in [7, 11) is 1.90. The van der Waals surface area contributed by atoms with Gasteiger partial charge in [0.25, 0.3) is 5.56 Å². The van der Waals surface area contributed by atoms with Gasteiger partial charge >= 0.3 is 0 Å². The number of rotatable bonds is 5. The second-order valence-electron chi connectivity index (χ2n) is 6.13. The van der Waals surface area contributed by atoms with Crippen molar-refractivity contribution >= 4 is 5.82 Å². The minimum absolute atomic E-state index is 0.0398. The molecule has 0 fully saturated rings. The van der Waals surface area contributed by atoms with Gasteiger partial charge in [-0.3, -0.25) is 4.79 Å². The summed E-state index contributed by atoms with van der Waals surface area (Å²) < 4.78 is 1.72. The minimum atomic E-state index is -0.230. The molecule has 0 bridgehead atoms. The van der Waals surface area contributed by atoms with Crippen LogP contribution < -0.4 is 15.8 Å². The van der Waals surface area contributed by atoms with Crippen LogP contribution in [0.4, 0.5) is 5.82 Å². The molecule has 5 heteroatoms. The quantitative estimate of drug-likeness (QED) is 0.876. The molecule has 0 atom stereocenters. The summed E-state index contributed by atoms with van der Waals surface area (Å²) in [6, 6.07) is 0.448. The molecule has 0 saturated heterocycles. The van der Waals surface area contributed by atoms with Crippen molar-refractivity contribution in [3.05, 3.63) is 22.7 Å². The topological polar surface area (TPSA) is 50.2 Å². The fourth-order valence-electron chi connectivity index (χ4n) is 1.82. The van der Waals surface area contributed by atoms with E-state index in [0.29, 0.717) is 11.9 Å². The Balaban J connectivity index is 2.87. The van der Waals surface area contributed by atoms with Gasteiger partial charge in [-0.05, 0) is 20.8 Å². The Kier molecular flexibility index (Phi) is 5.11. The first-order valence-corrected chi connectivity index (χ1v) is 6.76. The summed E-state index contributed by atoms with van der Waals surface area (Å²) in [6.45, 7) is 11.8. The molecule has 19 heavy (non-hydrogen) atoms. The zero-order chi connectivity index (χ0) is 14.6. The lowest BCUT2D eigenvalue weighted by molar-refractivity contribution is 0.382. The third-order valence-corrected chi connectivity index (χ3v) is 2.91. The summed E-state index contributed by atoms with van der Waals surface area (Å²) in [5, 5.41) is 3.33. The Morgan fingerprint density at radius 3 is 2.58 bits per heavy atom. The van der Waals surface area contributed by atoms with E-state index in [-0.39, 0.29) is 11.1 Å². The van der Waals surface area contributed by atoms with Crippen molar-refractivity contribution in [3.8, 4) is 0 Å². The van der Waals surface area contributed by atoms with E-state index >= 15 is 0 Å². The number of anilines is 1. The van der Waals surface area contributed by atoms with Gasteiger partial charge in [-0.1, -0.05) is 13.8 Å². The normalized spacial score (nSPS) is 11.9. The number of nitrogens with one attached hydrogen (secondary N) is 1. The predicted molar refractivity (Wildman–Crippen MR) is 79.9 cm³/mol. The Morgan fingerprint density at radius 2 is 2.05 bits per heavy atom. The molecule has 0 aliphatic heterocycles. The van der Waals surface area contributed by atoms with Crippen LogP contribution in [0.1, 0.15) is 34.6 Å². The molecule has 0 unspecified atom stereocenters. The highest BCUT2D eigenvalue weighted by Gasteiger charge is 2.18. The van der Waals surface area contributed by atoms with E-state index in [1.54, 1.807) is 17.0 Å². The lowest BCUT2D eigenvalue weighted by Gasteiger charge is -2.25. The lowest BCUT2D eigenvalue weighted by Crippen LogP contribution is -2.40. The van der Waals surface area contributed by atoms with E-state index in [1.165, 1.54) is 0 Å². The molecule has 0 radical (unpaired) electrons. The van der Waals surface area contributed by atoms with Crippen molar-refractivity contribution in [1.29, 1.82) is 0 Å². The van der Waals surface area contributed by atoms with Crippen molar-refractivity contribution in [2.24, 2.45) is 0 Å². The van der Waals surface area contributed by atoms with E-state index < -0.39 is 0 Å². The molecule has 1 aromatic heterocycles. The molecule has 1 N–H and O–H groups in total. The number of hydrogen-bond acceptors (Lipinski definition) is 4. The van der Waals surface area contributed by atoms with Gasteiger partial charge in [-0.25, -0.2) is 4.98 Å². The van der Waals surface area contributed by atoms with Gasteiger partial charge in [0.2, 0.25) is 0 Å². The van der Waals surface area contributed by atoms with Crippen molar-refractivity contribution in [2.45, 2.75) is 46.2 Å². The minimum Gasteiger partial charge on any atom is -0.354 e. The van der Waals surface area contributed by atoms with Crippen molar-refractivity contribution in [3.63, 3.8) is 0 Å². The van der Waals surface area contributed by atoms with E-state index in [0.717, 1.165) is 13.1 Å². The first-order chi connectivity index (χ1) is 8.73. The van der Waals surface area contributed by atoms with Gasteiger partial charge in [0.15, 0.2) is 5.82 Å². The van der Waals surface area contributed by atoms with Crippen LogP contribution in [0.15, 0.2) is 17.2 Å². The maximum Gasteiger partial charge on any atom is 0.293 e. The van der Waals surface area contributed by atoms with Crippen LogP contribution in [0.3, 0.4) is 0 Å². The smallest absolute Gasteiger partial charge is 0.293 e. The molecule has 0 spiro atoms. The average Bonchev–Trinajstić information content (AvgIpc) is 2.26. The zero-order valence-electron chi connectivity index (χ0n) is 12.9. The first-order valence-electron chi connectivity index (χ1n) is 6.76. The van der Waals surface area contributed by atoms with Crippen LogP contribution >= 0.6 is 0 Å². The molecule has 5 nitrogen and oxygen atoms in total. The number of aromatic nitrogens is 2. The number of likely N-dealkylation sites (N-methyl/N-ethyl adjacent to an activating group) is 1. The molecule has 0 aromatic carbocycles. The maximum atomic E-state index is 12.4. The molecule has 0 amide bonds. The van der Waals surface area contributed by atoms with E-state index in [9.17, 15) is 4.79 Å². The largest absolute Gasteiger partial charge is 0.354 e. The average molecular weight is 266 g/mol. The van der Waals surface area contributed by atoms with Crippen molar-refractivity contribution < 1.29 is 0 Å². The van der Waals surface area contributed by atoms with Crippen LogP contribution in [-0.4, -0.2) is 35.7 Å². The fourth-order valence-corrected chi connectivity index (χ4v) is 1.82. The highest BCUT2D eigenvalue weighted by atomic mass is 16.1. The third kappa shape index (κ3) is 4.35. The molecule has 1 aromatic rings. The third-order valence-electron chi connectivity index (χ3n) is 2.91. The highest BCUT2D eigenvalue weighted by molar-refractivity contribution is 5.34. The summed E-state index contributed by atoms with van der Waals surface area (Å²) in [6.07, 6.45) is 3.43. The van der Waals surface area contributed by atoms with E-state index in [4.69, 9.17) is 0 Å². The van der Waals surface area contributed by atoms with Crippen LogP contribution in [0, 0.1) is 0 Å². The van der Waals surface area contributed by atoms with Gasteiger partial charge < -0.3 is 14.8 Å². The van der Waals surface area contributed by atoms with Gasteiger partial charge in [-0.15, -0.1) is 0 Å². The Bertz CT molecular complexity index is 459. The summed E-state index contributed by atoms with van der Waals surface area (Å²) >= 11 is 0. The fraction of sp³-hybridized carbons (Fsp3) is 0.714. The molecule has 1 rings (SSSR count). The standard InChI is InChI=1S/C14H26N4O/c1-11(2)15-7-9-17(6)12-13(19)18(10-8-16-12)14(3,4)5/h8,10-11,15H,7,9H2,1-6H3. The summed E-state index contributed by atoms with van der Waals surface area (Å²) in [5.41, 5.74) is -0.270. The van der Waals surface area contributed by atoms with Crippen molar-refractivity contribution in [1.82, 2.24) is 14.9 Å². The first kappa shape index (κ1) is 15.7. The van der Waals surface area contributed by atoms with E-state index in [2.05, 4.69) is 24.1 Å². The van der Waals surface area contributed by atoms with Gasteiger partial charge in [0, 0.05) is 44.1 Å². The monoisotopic (exact) mass is 266 g/mol. The van der Waals surface area contributed by atoms with Gasteiger partial charge in [0.1, 0.15) is 0 Å². The van der Waals surface area contributed by atoms with Crippen molar-refractivity contribution in [2.75, 3.05) is 25.0 Å². The Labute approximate surface area is 115 Å². The van der Waals surface area contributed by atoms with Gasteiger partial charge in [0.05, 0.1) is 0 Å². The lowest BCUT2D eigenvalue weighted by atomic mass is 10.1. The number of nitrogens with zero attached hydrogens (tertiary/aromatic N) is 3. The second-order valence-corrected chi connectivity index (χ2v) is 6.13. The zero-order valence-corrected chi connectivity index (χ0v) is 12.9. The Morgan fingerprint density at radius 1 is 1.42 bits per heavy atom. The number of hydrogen-bond donors (Lipinski definition) is 1. The van der Waals surface area contributed by atoms with Crippen LogP contribution in [-0.2, 0) is 5.54 Å². The Hall–Kier alpha value is -1.36. The second kappa shape index (κ2) is 6.19. The van der Waals surface area contributed by atoms with Crippen LogP contribution in [0.2, 0.25) is 0 Å². The van der Waals surface area contributed by atoms with Crippen LogP contribution in [0.25, 0.3) is 0 Å².